The number of amides is 1. The summed E-state index contributed by atoms with van der Waals surface area (Å²) in [6.07, 6.45) is 2.65. The topological polar surface area (TPSA) is 92.9 Å². The van der Waals surface area contributed by atoms with Gasteiger partial charge in [0.15, 0.2) is 0 Å². The van der Waals surface area contributed by atoms with Crippen LogP contribution in [-0.2, 0) is 17.8 Å². The van der Waals surface area contributed by atoms with Gasteiger partial charge in [-0.25, -0.2) is 4.79 Å². The van der Waals surface area contributed by atoms with E-state index in [0.717, 1.165) is 26.0 Å². The zero-order valence-corrected chi connectivity index (χ0v) is 14.6. The average Bonchev–Trinajstić information content (AvgIpc) is 3.36. The van der Waals surface area contributed by atoms with Crippen LogP contribution in [0.3, 0.4) is 0 Å². The van der Waals surface area contributed by atoms with Crippen molar-refractivity contribution in [1.82, 2.24) is 20.1 Å². The number of nitrogens with zero attached hydrogens (tertiary/aromatic N) is 2. The van der Waals surface area contributed by atoms with Gasteiger partial charge < -0.3 is 14.7 Å². The van der Waals surface area contributed by atoms with Gasteiger partial charge in [0.1, 0.15) is 6.54 Å². The van der Waals surface area contributed by atoms with Crippen molar-refractivity contribution in [3.8, 4) is 10.8 Å². The fourth-order valence-corrected chi connectivity index (χ4v) is 3.42. The van der Waals surface area contributed by atoms with Gasteiger partial charge in [0, 0.05) is 23.6 Å². The van der Waals surface area contributed by atoms with Gasteiger partial charge >= 0.3 is 5.76 Å². The number of carbonyl (C=O) groups is 1. The number of H-pyrrole nitrogens is 1. The molecule has 4 aromatic rings. The summed E-state index contributed by atoms with van der Waals surface area (Å²) in [5, 5.41) is 9.90. The molecule has 132 valence electrons. The van der Waals surface area contributed by atoms with Gasteiger partial charge in [-0.05, 0) is 29.5 Å². The van der Waals surface area contributed by atoms with Crippen molar-refractivity contribution >= 4 is 28.1 Å². The zero-order valence-electron chi connectivity index (χ0n) is 13.8. The molecule has 0 atom stereocenters. The molecule has 4 rings (SSSR count). The lowest BCUT2D eigenvalue weighted by Crippen LogP contribution is -2.32. The quantitative estimate of drug-likeness (QED) is 0.547. The van der Waals surface area contributed by atoms with Crippen LogP contribution in [-0.4, -0.2) is 27.2 Å². The standard InChI is InChI=1S/C18H16N4O3S/c23-16(11-22-18(24)25-17(21-22)15-6-3-9-26-15)19-8-7-12-10-20-14-5-2-1-4-13(12)14/h1-6,9-10,20H,7-8,11H2,(H,19,23). The second-order valence-corrected chi connectivity index (χ2v) is 6.72. The Kier molecular flexibility index (Phi) is 4.40. The van der Waals surface area contributed by atoms with Crippen LogP contribution in [0.4, 0.5) is 0 Å². The summed E-state index contributed by atoms with van der Waals surface area (Å²) < 4.78 is 6.13. The van der Waals surface area contributed by atoms with Gasteiger partial charge in [0.2, 0.25) is 5.91 Å². The molecule has 0 fully saturated rings. The molecule has 0 aliphatic heterocycles. The maximum absolute atomic E-state index is 12.1. The summed E-state index contributed by atoms with van der Waals surface area (Å²) in [4.78, 5) is 27.9. The molecule has 0 saturated carbocycles. The second kappa shape index (κ2) is 7.01. The Morgan fingerprint density at radius 2 is 2.15 bits per heavy atom. The number of aromatic nitrogens is 3. The Bertz CT molecular complexity index is 1090. The molecule has 0 radical (unpaired) electrons. The molecular weight excluding hydrogens is 352 g/mol. The molecule has 0 unspecified atom stereocenters. The van der Waals surface area contributed by atoms with E-state index in [-0.39, 0.29) is 18.3 Å². The fraction of sp³-hybridized carbons (Fsp3) is 0.167. The number of carbonyl (C=O) groups excluding carboxylic acids is 1. The van der Waals surface area contributed by atoms with Crippen LogP contribution in [0.25, 0.3) is 21.7 Å². The third-order valence-electron chi connectivity index (χ3n) is 4.02. The molecule has 0 bridgehead atoms. The van der Waals surface area contributed by atoms with Crippen LogP contribution in [0.1, 0.15) is 5.56 Å². The molecule has 0 aliphatic rings. The van der Waals surface area contributed by atoms with Crippen molar-refractivity contribution in [2.75, 3.05) is 6.54 Å². The van der Waals surface area contributed by atoms with Crippen molar-refractivity contribution in [3.63, 3.8) is 0 Å². The van der Waals surface area contributed by atoms with Gasteiger partial charge in [0.05, 0.1) is 4.88 Å². The molecule has 3 aromatic heterocycles. The van der Waals surface area contributed by atoms with Crippen molar-refractivity contribution in [3.05, 3.63) is 64.1 Å². The lowest BCUT2D eigenvalue weighted by atomic mass is 10.1. The molecule has 0 saturated heterocycles. The summed E-state index contributed by atoms with van der Waals surface area (Å²) in [6.45, 7) is 0.312. The van der Waals surface area contributed by atoms with Crippen molar-refractivity contribution in [1.29, 1.82) is 0 Å². The van der Waals surface area contributed by atoms with E-state index < -0.39 is 5.76 Å². The van der Waals surface area contributed by atoms with Crippen LogP contribution in [0.2, 0.25) is 0 Å². The molecular formula is C18H16N4O3S. The maximum Gasteiger partial charge on any atom is 0.437 e. The Morgan fingerprint density at radius 3 is 3.00 bits per heavy atom. The predicted octanol–water partition coefficient (Wildman–Crippen LogP) is 2.41. The van der Waals surface area contributed by atoms with E-state index in [1.54, 1.807) is 0 Å². The van der Waals surface area contributed by atoms with Gasteiger partial charge in [-0.15, -0.1) is 16.4 Å². The lowest BCUT2D eigenvalue weighted by Gasteiger charge is -2.04. The van der Waals surface area contributed by atoms with E-state index in [4.69, 9.17) is 4.42 Å². The van der Waals surface area contributed by atoms with Crippen molar-refractivity contribution < 1.29 is 9.21 Å². The van der Waals surface area contributed by atoms with E-state index in [2.05, 4.69) is 15.4 Å². The third kappa shape index (κ3) is 3.31. The van der Waals surface area contributed by atoms with Crippen LogP contribution < -0.4 is 11.1 Å². The Balaban J connectivity index is 1.35. The van der Waals surface area contributed by atoms with Gasteiger partial charge in [-0.2, -0.15) is 4.68 Å². The van der Waals surface area contributed by atoms with Gasteiger partial charge in [-0.1, -0.05) is 24.3 Å². The summed E-state index contributed by atoms with van der Waals surface area (Å²) in [5.41, 5.74) is 2.21. The number of benzene rings is 1. The van der Waals surface area contributed by atoms with E-state index in [1.807, 2.05) is 48.0 Å². The Labute approximate surface area is 152 Å². The normalized spacial score (nSPS) is 11.1. The number of rotatable bonds is 6. The highest BCUT2D eigenvalue weighted by Crippen LogP contribution is 2.21. The first kappa shape index (κ1) is 16.3. The highest BCUT2D eigenvalue weighted by Gasteiger charge is 2.13. The highest BCUT2D eigenvalue weighted by atomic mass is 32.1. The van der Waals surface area contributed by atoms with Crippen LogP contribution >= 0.6 is 11.3 Å². The van der Waals surface area contributed by atoms with E-state index in [0.29, 0.717) is 13.0 Å². The number of aromatic amines is 1. The minimum Gasteiger partial charge on any atom is -0.387 e. The first-order valence-corrected chi connectivity index (χ1v) is 9.02. The first-order valence-electron chi connectivity index (χ1n) is 8.14. The molecule has 2 N–H and O–H groups in total. The van der Waals surface area contributed by atoms with E-state index in [9.17, 15) is 9.59 Å². The molecule has 7 nitrogen and oxygen atoms in total. The Morgan fingerprint density at radius 1 is 1.27 bits per heavy atom. The smallest absolute Gasteiger partial charge is 0.387 e. The molecule has 1 amide bonds. The van der Waals surface area contributed by atoms with Crippen LogP contribution in [0.5, 0.6) is 0 Å². The molecule has 1 aromatic carbocycles. The number of fused-ring (bicyclic) bond motifs is 1. The van der Waals surface area contributed by atoms with Crippen LogP contribution in [0.15, 0.2) is 57.2 Å². The predicted molar refractivity (Wildman–Crippen MR) is 99.1 cm³/mol. The fourth-order valence-electron chi connectivity index (χ4n) is 2.77. The first-order chi connectivity index (χ1) is 12.7. The van der Waals surface area contributed by atoms with E-state index >= 15 is 0 Å². The summed E-state index contributed by atoms with van der Waals surface area (Å²) in [7, 11) is 0. The summed E-state index contributed by atoms with van der Waals surface area (Å²) in [5.74, 6) is -0.685. The molecule has 0 spiro atoms. The molecule has 26 heavy (non-hydrogen) atoms. The van der Waals surface area contributed by atoms with Gasteiger partial charge in [0.25, 0.3) is 5.89 Å². The summed E-state index contributed by atoms with van der Waals surface area (Å²) >= 11 is 1.42. The largest absolute Gasteiger partial charge is 0.437 e. The SMILES string of the molecule is O=C(Cn1nc(-c2cccs2)oc1=O)NCCc1c[nH]c2ccccc12. The van der Waals surface area contributed by atoms with Crippen molar-refractivity contribution in [2.45, 2.75) is 13.0 Å². The highest BCUT2D eigenvalue weighted by molar-refractivity contribution is 7.13. The third-order valence-corrected chi connectivity index (χ3v) is 4.88. The number of thiophene rings is 1. The second-order valence-electron chi connectivity index (χ2n) is 5.77. The monoisotopic (exact) mass is 368 g/mol. The van der Waals surface area contributed by atoms with Gasteiger partial charge in [-0.3, -0.25) is 4.79 Å². The summed E-state index contributed by atoms with van der Waals surface area (Å²) in [6, 6.07) is 11.7. The van der Waals surface area contributed by atoms with Crippen molar-refractivity contribution in [2.24, 2.45) is 0 Å². The molecule has 8 heteroatoms. The lowest BCUT2D eigenvalue weighted by molar-refractivity contribution is -0.121. The maximum atomic E-state index is 12.1. The molecule has 3 heterocycles. The average molecular weight is 368 g/mol. The minimum atomic E-state index is -0.639. The minimum absolute atomic E-state index is 0.165. The molecule has 0 aliphatic carbocycles. The number of nitrogens with one attached hydrogen (secondary N) is 2. The van der Waals surface area contributed by atoms with E-state index in [1.165, 1.54) is 11.3 Å². The zero-order chi connectivity index (χ0) is 17.9. The number of hydrogen-bond acceptors (Lipinski definition) is 5. The number of para-hydroxylation sites is 1. The number of hydrogen-bond donors (Lipinski definition) is 2. The Hall–Kier alpha value is -3.13. The van der Waals surface area contributed by atoms with Crippen LogP contribution in [0, 0.1) is 0 Å².